The highest BCUT2D eigenvalue weighted by Gasteiger charge is 2.23. The van der Waals surface area contributed by atoms with Gasteiger partial charge in [0.05, 0.1) is 12.4 Å². The fraction of sp³-hybridized carbons (Fsp3) is 0.615. The molecule has 1 aromatic carbocycles. The van der Waals surface area contributed by atoms with Crippen molar-refractivity contribution in [3.05, 3.63) is 222 Å². The van der Waals surface area contributed by atoms with Crippen LogP contribution in [0.5, 0.6) is 0 Å². The third-order valence-electron chi connectivity index (χ3n) is 14.4. The van der Waals surface area contributed by atoms with Gasteiger partial charge in [0.25, 0.3) is 5.91 Å². The second-order valence-corrected chi connectivity index (χ2v) is 29.3. The molecule has 0 saturated carbocycles. The lowest BCUT2D eigenvalue weighted by atomic mass is 9.84. The summed E-state index contributed by atoms with van der Waals surface area (Å²) in [6.45, 7) is 111. The van der Waals surface area contributed by atoms with E-state index < -0.39 is 0 Å². The first-order chi connectivity index (χ1) is 59.4. The van der Waals surface area contributed by atoms with Gasteiger partial charge in [-0.05, 0) is 53.4 Å². The van der Waals surface area contributed by atoms with Gasteiger partial charge in [-0.3, -0.25) is 49.0 Å². The van der Waals surface area contributed by atoms with E-state index in [1.807, 2.05) is 259 Å². The molecule has 0 bridgehead atoms. The van der Waals surface area contributed by atoms with Crippen molar-refractivity contribution in [2.75, 3.05) is 19.6 Å². The molecular weight excluding hydrogens is 1630 g/mol. The quantitative estimate of drug-likeness (QED) is 0.0610. The Morgan fingerprint density at radius 1 is 0.446 bits per heavy atom. The number of aromatic amines is 5. The van der Waals surface area contributed by atoms with Crippen LogP contribution in [0.4, 0.5) is 0 Å². The van der Waals surface area contributed by atoms with Crippen LogP contribution in [0.3, 0.4) is 0 Å². The summed E-state index contributed by atoms with van der Waals surface area (Å²) in [5, 5.41) is 33.3. The normalized spacial score (nSPS) is 12.3. The molecule has 0 unspecified atom stereocenters. The van der Waals surface area contributed by atoms with Crippen LogP contribution in [0.15, 0.2) is 191 Å². The van der Waals surface area contributed by atoms with Crippen LogP contribution in [0.1, 0.15) is 401 Å². The Labute approximate surface area is 797 Å². The van der Waals surface area contributed by atoms with Crippen LogP contribution in [-0.4, -0.2) is 100 Å². The Morgan fingerprint density at radius 2 is 0.931 bits per heavy atom. The summed E-state index contributed by atoms with van der Waals surface area (Å²) in [5.74, 6) is 10.1. The lowest BCUT2D eigenvalue weighted by Crippen LogP contribution is -2.39. The van der Waals surface area contributed by atoms with Gasteiger partial charge in [-0.2, -0.15) is 10.2 Å². The number of aromatic nitrogens is 9. The summed E-state index contributed by atoms with van der Waals surface area (Å²) in [7, 11) is 0. The number of rotatable bonds is 9. The largest absolute Gasteiger partial charge is 0.372 e. The van der Waals surface area contributed by atoms with E-state index in [4.69, 9.17) is 0 Å². The molecule has 0 spiro atoms. The second-order valence-electron chi connectivity index (χ2n) is 29.3. The third kappa shape index (κ3) is 80.9. The molecule has 12 N–H and O–H groups in total. The number of hydrogen-bond acceptors (Lipinski definition) is 19. The molecule has 4 aromatic heterocycles. The Bertz CT molecular complexity index is 3900. The number of aliphatic imine (C=N–C) groups is 4. The predicted molar refractivity (Wildman–Crippen MR) is 579 cm³/mol. The van der Waals surface area contributed by atoms with Crippen LogP contribution in [0.2, 0.25) is 0 Å². The highest BCUT2D eigenvalue weighted by molar-refractivity contribution is 6.04. The van der Waals surface area contributed by atoms with Crippen molar-refractivity contribution < 1.29 is 9.59 Å². The number of hydrogen-bond donors (Lipinski definition) is 12. The fourth-order valence-corrected chi connectivity index (χ4v) is 8.13. The van der Waals surface area contributed by atoms with Gasteiger partial charge in [-0.1, -0.05) is 381 Å². The molecule has 6 aliphatic heterocycles. The number of carbonyl (C=O) groups excluding carboxylic acids is 2. The molecule has 0 saturated heterocycles. The van der Waals surface area contributed by atoms with Crippen molar-refractivity contribution in [2.45, 2.75) is 377 Å². The second kappa shape index (κ2) is 97.7. The monoisotopic (exact) mass is 1830 g/mol. The molecule has 0 fully saturated rings. The van der Waals surface area contributed by atoms with Crippen molar-refractivity contribution in [1.82, 2.24) is 82.5 Å². The first kappa shape index (κ1) is 154. The van der Waals surface area contributed by atoms with Crippen LogP contribution < -0.4 is 59.2 Å². The Kier molecular flexibility index (Phi) is 116. The number of allylic oxidation sites excluding steroid dienone is 8. The summed E-state index contributed by atoms with van der Waals surface area (Å²) >= 11 is 0. The molecule has 2 amide bonds. The summed E-state index contributed by atoms with van der Waals surface area (Å²) in [5.41, 5.74) is 6.77. The van der Waals surface area contributed by atoms with Gasteiger partial charge < -0.3 is 47.2 Å². The van der Waals surface area contributed by atoms with E-state index in [0.29, 0.717) is 71.1 Å². The molecule has 5 aromatic rings. The number of nitrogens with one attached hydrogen (secondary N) is 12. The Balaban J connectivity index is -0.0000000840. The summed E-state index contributed by atoms with van der Waals surface area (Å²) in [4.78, 5) is 96.9. The van der Waals surface area contributed by atoms with E-state index in [2.05, 4.69) is 225 Å². The molecule has 756 valence electrons. The SMILES string of the molecule is C.C.C.C.C=C1C=CC=C(C(C)C)N1.C=C1C=CN=C(C(C)(C)C)N1.C=C1C=NC=C(C(C)C)N1.C=C1NC(=O)C=C(C(C)C)N1.CC.CC.CC.CC.CC.CC.CC.CC.CC.CC.CC.CC(C)(C)c1cc(=O)c1=O.CC(C)C1=NCC(=O)N1.CC(C)C1=NCCN1.CC(C)c1cc(=O)cc[nH]1.CC(C)c1n[nH]c(=O)[nH]1.CC(C)c1ncc[nH]1.CC(C)c1ncn[nH]1. The van der Waals surface area contributed by atoms with Gasteiger partial charge in [-0.15, -0.1) is 0 Å². The summed E-state index contributed by atoms with van der Waals surface area (Å²) in [6, 6.07) is 4.57. The number of amides is 2. The zero-order chi connectivity index (χ0) is 101. The van der Waals surface area contributed by atoms with Crippen molar-refractivity contribution in [3.8, 4) is 0 Å². The van der Waals surface area contributed by atoms with Gasteiger partial charge in [0.15, 0.2) is 5.43 Å². The molecule has 26 nitrogen and oxygen atoms in total. The van der Waals surface area contributed by atoms with E-state index in [1.165, 1.54) is 30.0 Å². The van der Waals surface area contributed by atoms with Gasteiger partial charge in [0.1, 0.15) is 47.8 Å². The van der Waals surface area contributed by atoms with Crippen LogP contribution in [0, 0.1) is 35.0 Å². The van der Waals surface area contributed by atoms with Crippen LogP contribution in [-0.2, 0) is 15.0 Å². The number of nitrogens with zero attached hydrogens (tertiary/aromatic N) is 8. The maximum absolute atomic E-state index is 10.9. The van der Waals surface area contributed by atoms with Gasteiger partial charge in [0, 0.05) is 142 Å². The third-order valence-corrected chi connectivity index (χ3v) is 14.4. The van der Waals surface area contributed by atoms with E-state index >= 15 is 0 Å². The first-order valence-corrected chi connectivity index (χ1v) is 46.3. The highest BCUT2D eigenvalue weighted by atomic mass is 16.2. The van der Waals surface area contributed by atoms with Crippen molar-refractivity contribution in [3.63, 3.8) is 0 Å². The number of pyridine rings is 1. The van der Waals surface area contributed by atoms with Gasteiger partial charge in [-0.25, -0.2) is 24.9 Å². The van der Waals surface area contributed by atoms with E-state index in [-0.39, 0.29) is 80.2 Å². The van der Waals surface area contributed by atoms with Gasteiger partial charge >= 0.3 is 5.69 Å². The minimum Gasteiger partial charge on any atom is -0.372 e. The molecule has 0 aliphatic carbocycles. The summed E-state index contributed by atoms with van der Waals surface area (Å²) in [6.07, 6.45) is 21.6. The Morgan fingerprint density at radius 3 is 1.18 bits per heavy atom. The maximum Gasteiger partial charge on any atom is 0.340 e. The number of H-pyrrole nitrogens is 5. The number of carbonyl (C=O) groups is 2. The molecule has 0 radical (unpaired) electrons. The van der Waals surface area contributed by atoms with E-state index in [0.717, 1.165) is 70.6 Å². The predicted octanol–water partition coefficient (Wildman–Crippen LogP) is 26.1. The van der Waals surface area contributed by atoms with Crippen LogP contribution >= 0.6 is 0 Å². The zero-order valence-corrected chi connectivity index (χ0v) is 88.3. The summed E-state index contributed by atoms with van der Waals surface area (Å²) < 4.78 is 0. The smallest absolute Gasteiger partial charge is 0.340 e. The highest BCUT2D eigenvalue weighted by Crippen LogP contribution is 2.19. The molecule has 11 rings (SSSR count). The number of amidine groups is 3. The number of dihydropyridines is 1. The number of imidazole rings is 1. The maximum atomic E-state index is 10.9. The molecule has 0 atom stereocenters. The molecule has 130 heavy (non-hydrogen) atoms. The van der Waals surface area contributed by atoms with E-state index in [1.54, 1.807) is 37.0 Å². The van der Waals surface area contributed by atoms with Crippen LogP contribution in [0.25, 0.3) is 0 Å². The van der Waals surface area contributed by atoms with E-state index in [9.17, 15) is 28.8 Å². The first-order valence-electron chi connectivity index (χ1n) is 46.3. The van der Waals surface area contributed by atoms with Crippen molar-refractivity contribution >= 4 is 35.5 Å². The molecule has 6 aliphatic rings. The fourth-order valence-electron chi connectivity index (χ4n) is 8.13. The topological polar surface area (TPSA) is 367 Å². The average Bonchev–Trinajstić information content (AvgIpc) is 1.000. The minimum atomic E-state index is -0.357. The van der Waals surface area contributed by atoms with Gasteiger partial charge in [0.2, 0.25) is 16.8 Å². The molecule has 10 heterocycles. The average molecular weight is 1830 g/mol. The lowest BCUT2D eigenvalue weighted by molar-refractivity contribution is -0.118. The minimum absolute atomic E-state index is 0. The van der Waals surface area contributed by atoms with Crippen molar-refractivity contribution in [1.29, 1.82) is 0 Å². The molecular formula is C104H204N20O6. The zero-order valence-electron chi connectivity index (χ0n) is 88.3. The van der Waals surface area contributed by atoms with Crippen molar-refractivity contribution in [2.24, 2.45) is 55.0 Å². The Hall–Kier alpha value is -10.4. The standard InChI is InChI=1S/C9H14N2.C9H13N.C8H12N2O.C8H12N2.C8H11NO.C8H10O2.C6H10N2O.C6H12N2.C6H10N2.C5H9N3O.C5H9N3.11C2H6.4CH4/c1-7-5-6-10-8(11-7)9(2,3)4;1-7(2)9-6-4-5-8(3)10-9;1-5(2)7-4-8(11)10-6(3)9-7;1-6(2)8-5-9-4-7(3)10-8;1-6(2)8-5-7(10)3-4-9-8;1-8(2,3)5-4-6(9)7(5)10;1-4(2)6-7-3-5(9)8-6;2*1-5(2)6-7-3-4-8-6;1-3(2)4-6-5(9)8-7-4;1-4(2)5-6-3-7-8-5;11*1-2;;;;/h5-6H,1H2,2-4H3,(H,10,11);4-7,10H,3H2,1-2H3;4-5,9H,3H2,1-2H3,(H,10,11);4-6,10H,3H2,1-2H3;3-6H,1-2H3,(H,9,10);4H,1-3H3;4H,3H2,1-2H3,(H,7,8,9);5H,3-4H2,1-2H3,(H,7,8);3-5H,1-2H3,(H,7,8);3H,1-2H3,(H2,6,7,8,9);3-4H,1-2H3,(H,6,7,8);11*1-2H3;4*1H4. The lowest BCUT2D eigenvalue weighted by Gasteiger charge is -2.24. The molecule has 26 heteroatoms.